The highest BCUT2D eigenvalue weighted by molar-refractivity contribution is 5.84. The van der Waals surface area contributed by atoms with E-state index in [1.807, 2.05) is 0 Å². The van der Waals surface area contributed by atoms with Crippen LogP contribution in [0.1, 0.15) is 0 Å². The van der Waals surface area contributed by atoms with Crippen molar-refractivity contribution in [3.63, 3.8) is 0 Å². The molecular weight excluding hydrogens is 636 g/mol. The van der Waals surface area contributed by atoms with Gasteiger partial charge in [-0.3, -0.25) is 19.6 Å². The van der Waals surface area contributed by atoms with Crippen LogP contribution in [-0.2, 0) is 28.4 Å². The molecule has 6 rings (SSSR count). The van der Waals surface area contributed by atoms with Crippen LogP contribution < -0.4 is 42.4 Å². The van der Waals surface area contributed by atoms with Crippen molar-refractivity contribution >= 4 is 46.0 Å². The van der Waals surface area contributed by atoms with Gasteiger partial charge < -0.3 is 48.2 Å². The molecule has 48 heavy (non-hydrogen) atoms. The largest absolute Gasteiger partial charge is 0.467 e. The summed E-state index contributed by atoms with van der Waals surface area (Å²) in [5.74, 6) is 1.43. The Kier molecular flexibility index (Phi) is 11.5. The summed E-state index contributed by atoms with van der Waals surface area (Å²) in [5.41, 5.74) is 1.12. The van der Waals surface area contributed by atoms with E-state index in [-0.39, 0.29) is 68.3 Å². The van der Waals surface area contributed by atoms with E-state index in [1.165, 1.54) is 14.2 Å². The van der Waals surface area contributed by atoms with Crippen molar-refractivity contribution in [3.8, 4) is 11.5 Å². The zero-order chi connectivity index (χ0) is 33.9. The number of aromatic amines is 3. The normalized spacial score (nSPS) is 11.5. The molecule has 4 N–H and O–H groups in total. The molecule has 0 unspecified atom stereocenters. The Hall–Kier alpha value is -5.57. The smallest absolute Gasteiger partial charge is 0.327 e. The van der Waals surface area contributed by atoms with Gasteiger partial charge in [0.15, 0.2) is 49.5 Å². The predicted octanol–water partition coefficient (Wildman–Crippen LogP) is 0.210. The molecule has 19 heteroatoms. The lowest BCUT2D eigenvalue weighted by Gasteiger charge is -2.15. The summed E-state index contributed by atoms with van der Waals surface area (Å²) >= 11 is 0. The first kappa shape index (κ1) is 33.8. The lowest BCUT2D eigenvalue weighted by molar-refractivity contribution is -0.145. The molecule has 0 atom stereocenters. The third-order valence-electron chi connectivity index (χ3n) is 6.06. The molecule has 3 aromatic heterocycles. The van der Waals surface area contributed by atoms with E-state index in [0.29, 0.717) is 39.7 Å². The van der Waals surface area contributed by atoms with Crippen molar-refractivity contribution in [2.45, 2.75) is 0 Å². The fourth-order valence-electron chi connectivity index (χ4n) is 4.07. The number of methoxy groups -OCH3 is 2. The van der Waals surface area contributed by atoms with Crippen LogP contribution in [0.5, 0.6) is 11.5 Å². The van der Waals surface area contributed by atoms with Gasteiger partial charge in [-0.25, -0.2) is 24.7 Å². The predicted molar refractivity (Wildman–Crippen MR) is 168 cm³/mol. The zero-order valence-electron chi connectivity index (χ0n) is 25.7. The first-order valence-electron chi connectivity index (χ1n) is 13.9. The average molecular weight is 667 g/mol. The van der Waals surface area contributed by atoms with Crippen LogP contribution >= 0.6 is 0 Å². The van der Waals surface area contributed by atoms with Gasteiger partial charge in [0.25, 0.3) is 11.1 Å². The highest BCUT2D eigenvalue weighted by Gasteiger charge is 2.14. The standard InChI is InChI=1S/C15H16N4O5.C14H14N4O6/c1-9-16-14-13(15(20)17-9)18-11-4-3-10(5-12(11)19-14)24-8-23-7-22-6-21-2;1-21-5-22-6-23-7-24-8-2-3-9-10(4-8)16-12-11(15-9)13(19)18-14(20)17-12/h3-5H,1,6-8H2,2H3,(H,16,19)(H,17,20);2-4H,5-7H2,1H3,(H2,16,17,18,19,20). The Balaban J connectivity index is 0.000000188. The summed E-state index contributed by atoms with van der Waals surface area (Å²) in [6, 6.07) is 10.2. The quantitative estimate of drug-likeness (QED) is 0.0691. The Morgan fingerprint density at radius 2 is 1.35 bits per heavy atom. The summed E-state index contributed by atoms with van der Waals surface area (Å²) in [4.78, 5) is 58.8. The van der Waals surface area contributed by atoms with E-state index in [2.05, 4.69) is 46.8 Å². The molecule has 1 aliphatic rings. The van der Waals surface area contributed by atoms with Crippen molar-refractivity contribution in [1.29, 1.82) is 0 Å². The van der Waals surface area contributed by atoms with Gasteiger partial charge in [0, 0.05) is 26.4 Å². The number of anilines is 2. The van der Waals surface area contributed by atoms with Gasteiger partial charge >= 0.3 is 5.69 Å². The van der Waals surface area contributed by atoms with Crippen LogP contribution in [0.25, 0.3) is 28.8 Å². The Bertz CT molecular complexity index is 2170. The highest BCUT2D eigenvalue weighted by Crippen LogP contribution is 2.32. The first-order chi connectivity index (χ1) is 23.3. The fraction of sp³-hybridized carbons (Fsp3) is 0.276. The highest BCUT2D eigenvalue weighted by atomic mass is 16.8. The number of hydrogen-bond donors (Lipinski definition) is 4. The van der Waals surface area contributed by atoms with E-state index in [9.17, 15) is 14.4 Å². The van der Waals surface area contributed by atoms with Gasteiger partial charge in [0.05, 0.1) is 22.4 Å². The molecule has 0 radical (unpaired) electrons. The summed E-state index contributed by atoms with van der Waals surface area (Å²) < 4.78 is 40.4. The number of H-pyrrole nitrogens is 3. The SMILES string of the molecule is C=c1nc2c(c(=O)[nH]1)=Nc1ccc(OCOCOCOC)cc1N2.COCOCOCOc1ccc2nc3c(=O)[nH]c(=O)[nH]c3nc2c1. The maximum Gasteiger partial charge on any atom is 0.327 e. The molecule has 2 aromatic carbocycles. The van der Waals surface area contributed by atoms with Gasteiger partial charge in [-0.2, -0.15) is 0 Å². The number of nitrogens with one attached hydrogen (secondary N) is 4. The van der Waals surface area contributed by atoms with E-state index >= 15 is 0 Å². The van der Waals surface area contributed by atoms with Crippen LogP contribution in [0.15, 0.2) is 55.8 Å². The topological polar surface area (TPSA) is 235 Å². The molecule has 0 fully saturated rings. The molecule has 0 saturated carbocycles. The van der Waals surface area contributed by atoms with Crippen LogP contribution in [0.4, 0.5) is 17.2 Å². The molecule has 5 aromatic rings. The molecule has 252 valence electrons. The van der Waals surface area contributed by atoms with Crippen molar-refractivity contribution in [3.05, 3.63) is 78.4 Å². The first-order valence-corrected chi connectivity index (χ1v) is 13.9. The minimum absolute atomic E-state index is 0.0211. The van der Waals surface area contributed by atoms with Gasteiger partial charge in [-0.15, -0.1) is 0 Å². The molecule has 0 aliphatic carbocycles. The van der Waals surface area contributed by atoms with Crippen LogP contribution in [0.2, 0.25) is 0 Å². The lowest BCUT2D eigenvalue weighted by Crippen LogP contribution is -2.38. The van der Waals surface area contributed by atoms with Crippen LogP contribution in [0, 0.1) is 0 Å². The third kappa shape index (κ3) is 8.82. The number of ether oxygens (including phenoxy) is 8. The minimum atomic E-state index is -0.641. The second kappa shape index (κ2) is 16.3. The number of benzene rings is 2. The molecule has 0 bridgehead atoms. The third-order valence-corrected chi connectivity index (χ3v) is 6.06. The van der Waals surface area contributed by atoms with Crippen LogP contribution in [0.3, 0.4) is 0 Å². The van der Waals surface area contributed by atoms with E-state index in [1.54, 1.807) is 36.4 Å². The number of nitrogens with zero attached hydrogens (tertiary/aromatic N) is 4. The Morgan fingerprint density at radius 1 is 0.688 bits per heavy atom. The zero-order valence-corrected chi connectivity index (χ0v) is 25.7. The van der Waals surface area contributed by atoms with Gasteiger partial charge in [-0.1, -0.05) is 6.58 Å². The summed E-state index contributed by atoms with van der Waals surface area (Å²) in [7, 11) is 3.04. The number of rotatable bonds is 14. The van der Waals surface area contributed by atoms with Gasteiger partial charge in [0.1, 0.15) is 30.6 Å². The van der Waals surface area contributed by atoms with Crippen molar-refractivity contribution < 1.29 is 37.9 Å². The van der Waals surface area contributed by atoms with Crippen molar-refractivity contribution in [2.75, 3.05) is 60.3 Å². The maximum atomic E-state index is 11.9. The monoisotopic (exact) mass is 666 g/mol. The molecule has 0 spiro atoms. The number of aromatic nitrogens is 6. The van der Waals surface area contributed by atoms with Crippen LogP contribution in [-0.4, -0.2) is 84.9 Å². The van der Waals surface area contributed by atoms with E-state index in [4.69, 9.17) is 37.9 Å². The second-order valence-electron chi connectivity index (χ2n) is 9.49. The number of fused-ring (bicyclic) bond motifs is 4. The fourth-order valence-corrected chi connectivity index (χ4v) is 4.07. The molecule has 19 nitrogen and oxygen atoms in total. The summed E-state index contributed by atoms with van der Waals surface area (Å²) in [5, 5.41) is 3.28. The second-order valence-corrected chi connectivity index (χ2v) is 9.49. The molecule has 0 saturated heterocycles. The average Bonchev–Trinajstić information content (AvgIpc) is 3.06. The Morgan fingerprint density at radius 3 is 2.06 bits per heavy atom. The Labute approximate surface area is 269 Å². The van der Waals surface area contributed by atoms with Gasteiger partial charge in [0.2, 0.25) is 0 Å². The maximum absolute atomic E-state index is 11.9. The van der Waals surface area contributed by atoms with Crippen molar-refractivity contribution in [1.82, 2.24) is 29.9 Å². The lowest BCUT2D eigenvalue weighted by atomic mass is 10.2. The van der Waals surface area contributed by atoms with Gasteiger partial charge in [-0.05, 0) is 24.3 Å². The molecule has 4 heterocycles. The number of hydrogen-bond acceptors (Lipinski definition) is 16. The molecular formula is C29H30N8O11. The molecule has 1 aliphatic heterocycles. The molecule has 0 amide bonds. The van der Waals surface area contributed by atoms with E-state index < -0.39 is 11.2 Å². The van der Waals surface area contributed by atoms with E-state index in [0.717, 1.165) is 0 Å². The minimum Gasteiger partial charge on any atom is -0.467 e. The van der Waals surface area contributed by atoms with Crippen molar-refractivity contribution in [2.24, 2.45) is 4.99 Å². The summed E-state index contributed by atoms with van der Waals surface area (Å²) in [6.07, 6.45) is 0. The summed E-state index contributed by atoms with van der Waals surface area (Å²) in [6.45, 7) is 4.03.